The average Bonchev–Trinajstić information content (AvgIpc) is 2.68. The molecule has 1 heterocycles. The van der Waals surface area contributed by atoms with E-state index in [1.807, 2.05) is 24.3 Å². The summed E-state index contributed by atoms with van der Waals surface area (Å²) in [5.74, 6) is 0. The Kier molecular flexibility index (Phi) is 5.98. The summed E-state index contributed by atoms with van der Waals surface area (Å²) in [5.41, 5.74) is 4.25. The lowest BCUT2D eigenvalue weighted by Gasteiger charge is -2.49. The zero-order valence-electron chi connectivity index (χ0n) is 17.8. The lowest BCUT2D eigenvalue weighted by atomic mass is 9.81. The summed E-state index contributed by atoms with van der Waals surface area (Å²) >= 11 is 0. The molecule has 0 N–H and O–H groups in total. The van der Waals surface area contributed by atoms with E-state index < -0.39 is 11.7 Å². The van der Waals surface area contributed by atoms with E-state index in [-0.39, 0.29) is 11.6 Å². The van der Waals surface area contributed by atoms with Crippen molar-refractivity contribution in [3.05, 3.63) is 96.1 Å². The molecular formula is C26H28F3N. The maximum Gasteiger partial charge on any atom is 0.416 e. The van der Waals surface area contributed by atoms with Crippen molar-refractivity contribution < 1.29 is 13.2 Å². The molecule has 4 heteroatoms. The number of hydrogen-bond donors (Lipinski definition) is 0. The normalized spacial score (nSPS) is 17.0. The van der Waals surface area contributed by atoms with Gasteiger partial charge in [-0.1, -0.05) is 48.6 Å². The largest absolute Gasteiger partial charge is 0.416 e. The first kappa shape index (κ1) is 21.9. The van der Waals surface area contributed by atoms with Gasteiger partial charge in [0.2, 0.25) is 0 Å². The molecule has 0 saturated carbocycles. The fourth-order valence-electron chi connectivity index (χ4n) is 4.30. The molecule has 0 bridgehead atoms. The van der Waals surface area contributed by atoms with Gasteiger partial charge in [0.15, 0.2) is 0 Å². The van der Waals surface area contributed by atoms with Gasteiger partial charge in [-0.25, -0.2) is 0 Å². The number of hydrogen-bond acceptors (Lipinski definition) is 1. The number of allylic oxidation sites excluding steroid dienone is 2. The Balaban J connectivity index is 2.32. The lowest BCUT2D eigenvalue weighted by molar-refractivity contribution is -0.137. The minimum Gasteiger partial charge on any atom is -0.359 e. The second-order valence-electron chi connectivity index (χ2n) is 8.56. The molecule has 0 radical (unpaired) electrons. The highest BCUT2D eigenvalue weighted by atomic mass is 19.4. The van der Waals surface area contributed by atoms with E-state index in [2.05, 4.69) is 51.0 Å². The van der Waals surface area contributed by atoms with E-state index in [4.69, 9.17) is 0 Å². The zero-order chi connectivity index (χ0) is 22.1. The summed E-state index contributed by atoms with van der Waals surface area (Å²) in [6, 6.07) is 13.8. The molecule has 1 aliphatic rings. The van der Waals surface area contributed by atoms with Crippen LogP contribution >= 0.6 is 0 Å². The molecule has 0 saturated heterocycles. The van der Waals surface area contributed by atoms with Crippen molar-refractivity contribution in [2.24, 2.45) is 0 Å². The highest BCUT2D eigenvalue weighted by Gasteiger charge is 2.38. The molecule has 0 aliphatic carbocycles. The molecule has 1 atom stereocenters. The molecule has 1 unspecified atom stereocenters. The first-order chi connectivity index (χ1) is 14.1. The Bertz CT molecular complexity index is 959. The van der Waals surface area contributed by atoms with Crippen LogP contribution in [0.1, 0.15) is 61.9 Å². The van der Waals surface area contributed by atoms with Gasteiger partial charge < -0.3 is 4.90 Å². The van der Waals surface area contributed by atoms with Gasteiger partial charge in [0, 0.05) is 11.2 Å². The van der Waals surface area contributed by atoms with E-state index in [0.29, 0.717) is 6.42 Å². The van der Waals surface area contributed by atoms with E-state index in [1.165, 1.54) is 5.56 Å². The zero-order valence-corrected chi connectivity index (χ0v) is 17.8. The topological polar surface area (TPSA) is 3.24 Å². The Morgan fingerprint density at radius 1 is 0.933 bits per heavy atom. The minimum absolute atomic E-state index is 0.0459. The second-order valence-corrected chi connectivity index (χ2v) is 8.56. The number of halogens is 3. The molecule has 1 nitrogen and oxygen atoms in total. The molecule has 0 aromatic heterocycles. The fourth-order valence-corrected chi connectivity index (χ4v) is 4.30. The van der Waals surface area contributed by atoms with Gasteiger partial charge >= 0.3 is 6.18 Å². The number of nitrogens with zero attached hydrogens (tertiary/aromatic N) is 1. The van der Waals surface area contributed by atoms with Crippen molar-refractivity contribution in [1.29, 1.82) is 0 Å². The van der Waals surface area contributed by atoms with Gasteiger partial charge in [-0.15, -0.1) is 13.2 Å². The maximum atomic E-state index is 13.1. The molecule has 0 fully saturated rings. The van der Waals surface area contributed by atoms with Crippen LogP contribution in [0.15, 0.2) is 73.8 Å². The summed E-state index contributed by atoms with van der Waals surface area (Å²) < 4.78 is 39.4. The average molecular weight is 412 g/mol. The van der Waals surface area contributed by atoms with Gasteiger partial charge in [0.05, 0.1) is 11.6 Å². The maximum absolute atomic E-state index is 13.1. The van der Waals surface area contributed by atoms with Crippen LogP contribution in [0.4, 0.5) is 13.2 Å². The van der Waals surface area contributed by atoms with Crippen LogP contribution in [0.5, 0.6) is 0 Å². The van der Waals surface area contributed by atoms with Crippen LogP contribution in [0.25, 0.3) is 11.3 Å². The number of benzene rings is 2. The van der Waals surface area contributed by atoms with Crippen molar-refractivity contribution in [3.63, 3.8) is 0 Å². The van der Waals surface area contributed by atoms with Crippen LogP contribution in [0.2, 0.25) is 0 Å². The highest BCUT2D eigenvalue weighted by molar-refractivity contribution is 5.93. The standard InChI is InChI=1S/C26H28F3N/c1-6-10-22-20-12-8-9-13-21(20)23(11-7-2)30(25(3,4)5)24(22)18-14-16-19(17-15-18)26(27,28)29/h6-9,12-17,23H,1-2,10-11H2,3-5H3. The summed E-state index contributed by atoms with van der Waals surface area (Å²) in [4.78, 5) is 2.33. The lowest BCUT2D eigenvalue weighted by Crippen LogP contribution is -2.44. The monoisotopic (exact) mass is 411 g/mol. The smallest absolute Gasteiger partial charge is 0.359 e. The SMILES string of the molecule is C=CCC1=C(c2ccc(C(F)(F)F)cc2)N(C(C)(C)C)C(CC=C)c2ccccc21. The van der Waals surface area contributed by atoms with Crippen LogP contribution in [0, 0.1) is 0 Å². The number of alkyl halides is 3. The molecular weight excluding hydrogens is 383 g/mol. The van der Waals surface area contributed by atoms with Gasteiger partial charge in [0.1, 0.15) is 0 Å². The third-order valence-electron chi connectivity index (χ3n) is 5.43. The third kappa shape index (κ3) is 4.09. The van der Waals surface area contributed by atoms with Gasteiger partial charge in [-0.2, -0.15) is 13.2 Å². The molecule has 158 valence electrons. The van der Waals surface area contributed by atoms with Crippen molar-refractivity contribution in [2.45, 2.75) is 51.4 Å². The summed E-state index contributed by atoms with van der Waals surface area (Å²) in [6.45, 7) is 14.3. The minimum atomic E-state index is -4.36. The van der Waals surface area contributed by atoms with Gasteiger partial charge in [-0.3, -0.25) is 0 Å². The van der Waals surface area contributed by atoms with Crippen LogP contribution in [-0.2, 0) is 6.18 Å². The molecule has 30 heavy (non-hydrogen) atoms. The Labute approximate surface area is 177 Å². The second kappa shape index (κ2) is 8.17. The summed E-state index contributed by atoms with van der Waals surface area (Å²) in [6.07, 6.45) is 0.763. The van der Waals surface area contributed by atoms with Crippen molar-refractivity contribution >= 4 is 11.3 Å². The molecule has 0 spiro atoms. The first-order valence-corrected chi connectivity index (χ1v) is 10.1. The molecule has 2 aromatic rings. The molecule has 3 rings (SSSR count). The fraction of sp³-hybridized carbons (Fsp3) is 0.308. The summed E-state index contributed by atoms with van der Waals surface area (Å²) in [7, 11) is 0. The Morgan fingerprint density at radius 3 is 2.10 bits per heavy atom. The van der Waals surface area contributed by atoms with E-state index in [9.17, 15) is 13.2 Å². The van der Waals surface area contributed by atoms with Crippen molar-refractivity contribution in [2.75, 3.05) is 0 Å². The van der Waals surface area contributed by atoms with Crippen LogP contribution in [-0.4, -0.2) is 10.4 Å². The third-order valence-corrected chi connectivity index (χ3v) is 5.43. The van der Waals surface area contributed by atoms with Crippen LogP contribution < -0.4 is 0 Å². The van der Waals surface area contributed by atoms with E-state index in [0.717, 1.165) is 41.0 Å². The van der Waals surface area contributed by atoms with E-state index >= 15 is 0 Å². The van der Waals surface area contributed by atoms with Crippen molar-refractivity contribution in [3.8, 4) is 0 Å². The van der Waals surface area contributed by atoms with Gasteiger partial charge in [-0.05, 0) is 68.0 Å². The predicted molar refractivity (Wildman–Crippen MR) is 119 cm³/mol. The quantitative estimate of drug-likeness (QED) is 0.452. The molecule has 1 aliphatic heterocycles. The number of fused-ring (bicyclic) bond motifs is 1. The summed E-state index contributed by atoms with van der Waals surface area (Å²) in [5, 5.41) is 0. The Morgan fingerprint density at radius 2 is 1.57 bits per heavy atom. The highest BCUT2D eigenvalue weighted by Crippen LogP contribution is 2.49. The Hall–Kier alpha value is -2.75. The van der Waals surface area contributed by atoms with Gasteiger partial charge in [0.25, 0.3) is 0 Å². The van der Waals surface area contributed by atoms with E-state index in [1.54, 1.807) is 12.1 Å². The van der Waals surface area contributed by atoms with Crippen LogP contribution in [0.3, 0.4) is 0 Å². The molecule has 0 amide bonds. The molecule has 2 aromatic carbocycles. The predicted octanol–water partition coefficient (Wildman–Crippen LogP) is 7.88. The van der Waals surface area contributed by atoms with Crippen molar-refractivity contribution in [1.82, 2.24) is 4.90 Å². The first-order valence-electron chi connectivity index (χ1n) is 10.1. The number of rotatable bonds is 5.